The molecule has 1 saturated carbocycles. The molecule has 3 heteroatoms. The van der Waals surface area contributed by atoms with Gasteiger partial charge in [0, 0.05) is 17.8 Å². The molecule has 12 heavy (non-hydrogen) atoms. The molecule has 1 heterocycles. The van der Waals surface area contributed by atoms with E-state index in [2.05, 4.69) is 35.4 Å². The van der Waals surface area contributed by atoms with Crippen molar-refractivity contribution in [3.63, 3.8) is 0 Å². The summed E-state index contributed by atoms with van der Waals surface area (Å²) in [6, 6.07) is 2.79. The maximum absolute atomic E-state index is 4.18. The Kier molecular flexibility index (Phi) is 1.79. The van der Waals surface area contributed by atoms with Gasteiger partial charge in [-0.1, -0.05) is 13.8 Å². The second-order valence-electron chi connectivity index (χ2n) is 3.78. The molecular formula is C9H15N3. The van der Waals surface area contributed by atoms with Gasteiger partial charge < -0.3 is 5.32 Å². The normalized spacial score (nSPS) is 16.9. The molecule has 2 rings (SSSR count). The van der Waals surface area contributed by atoms with Crippen LogP contribution in [0.25, 0.3) is 0 Å². The van der Waals surface area contributed by atoms with E-state index in [1.165, 1.54) is 18.5 Å². The van der Waals surface area contributed by atoms with Crippen LogP contribution in [0.3, 0.4) is 0 Å². The van der Waals surface area contributed by atoms with Gasteiger partial charge in [0.05, 0.1) is 0 Å². The first-order chi connectivity index (χ1) is 5.75. The first-order valence-electron chi connectivity index (χ1n) is 4.57. The molecule has 1 fully saturated rings. The number of nitrogens with zero attached hydrogens (tertiary/aromatic N) is 1. The lowest BCUT2D eigenvalue weighted by atomic mass is 10.1. The van der Waals surface area contributed by atoms with Crippen LogP contribution in [-0.4, -0.2) is 16.2 Å². The molecule has 0 atom stereocenters. The van der Waals surface area contributed by atoms with Gasteiger partial charge >= 0.3 is 0 Å². The van der Waals surface area contributed by atoms with E-state index in [9.17, 15) is 0 Å². The summed E-state index contributed by atoms with van der Waals surface area (Å²) in [5, 5.41) is 10.6. The minimum Gasteiger partial charge on any atom is -0.366 e. The predicted molar refractivity (Wildman–Crippen MR) is 49.3 cm³/mol. The van der Waals surface area contributed by atoms with Crippen molar-refractivity contribution in [3.8, 4) is 0 Å². The Morgan fingerprint density at radius 2 is 2.33 bits per heavy atom. The summed E-state index contributed by atoms with van der Waals surface area (Å²) in [7, 11) is 0. The van der Waals surface area contributed by atoms with Crippen LogP contribution in [0.5, 0.6) is 0 Å². The van der Waals surface area contributed by atoms with Crippen molar-refractivity contribution < 1.29 is 0 Å². The Morgan fingerprint density at radius 1 is 1.58 bits per heavy atom. The fraction of sp³-hybridized carbons (Fsp3) is 0.667. The molecule has 0 spiro atoms. The molecule has 0 bridgehead atoms. The minimum absolute atomic E-state index is 0.534. The van der Waals surface area contributed by atoms with E-state index in [-0.39, 0.29) is 0 Å². The van der Waals surface area contributed by atoms with Crippen molar-refractivity contribution in [1.82, 2.24) is 10.2 Å². The van der Waals surface area contributed by atoms with Crippen molar-refractivity contribution in [2.45, 2.75) is 38.6 Å². The molecule has 2 N–H and O–H groups in total. The van der Waals surface area contributed by atoms with Gasteiger partial charge in [-0.3, -0.25) is 5.10 Å². The Hall–Kier alpha value is -0.990. The van der Waals surface area contributed by atoms with Gasteiger partial charge in [-0.25, -0.2) is 0 Å². The van der Waals surface area contributed by atoms with E-state index in [0.717, 1.165) is 5.82 Å². The molecular weight excluding hydrogens is 150 g/mol. The third-order valence-electron chi connectivity index (χ3n) is 2.15. The Bertz CT molecular complexity index is 260. The maximum Gasteiger partial charge on any atom is 0.148 e. The van der Waals surface area contributed by atoms with E-state index < -0.39 is 0 Å². The molecule has 1 aliphatic rings. The monoisotopic (exact) mass is 165 g/mol. The number of aromatic nitrogens is 2. The molecule has 0 radical (unpaired) electrons. The zero-order chi connectivity index (χ0) is 8.55. The average molecular weight is 165 g/mol. The van der Waals surface area contributed by atoms with Gasteiger partial charge in [-0.15, -0.1) is 0 Å². The van der Waals surface area contributed by atoms with Crippen molar-refractivity contribution in [2.75, 3.05) is 5.32 Å². The molecule has 1 aliphatic carbocycles. The summed E-state index contributed by atoms with van der Waals surface area (Å²) in [5.74, 6) is 1.54. The first-order valence-corrected chi connectivity index (χ1v) is 4.57. The minimum atomic E-state index is 0.534. The van der Waals surface area contributed by atoms with Crippen molar-refractivity contribution >= 4 is 5.82 Å². The third-order valence-corrected chi connectivity index (χ3v) is 2.15. The lowest BCUT2D eigenvalue weighted by Gasteiger charge is -1.97. The standard InChI is InChI=1S/C9H15N3/c1-6(2)8-5-9(12-11-8)10-7-3-4-7/h5-7H,3-4H2,1-2H3,(H2,10,11,12). The van der Waals surface area contributed by atoms with Gasteiger partial charge in [-0.05, 0) is 18.8 Å². The Balaban J connectivity index is 2.02. The second-order valence-corrected chi connectivity index (χ2v) is 3.78. The van der Waals surface area contributed by atoms with Crippen molar-refractivity contribution in [3.05, 3.63) is 11.8 Å². The molecule has 0 saturated heterocycles. The highest BCUT2D eigenvalue weighted by Crippen LogP contribution is 2.24. The van der Waals surface area contributed by atoms with Crippen LogP contribution in [0.15, 0.2) is 6.07 Å². The molecule has 0 unspecified atom stereocenters. The van der Waals surface area contributed by atoms with Gasteiger partial charge in [0.25, 0.3) is 0 Å². The molecule has 0 amide bonds. The number of H-pyrrole nitrogens is 1. The van der Waals surface area contributed by atoms with Crippen molar-refractivity contribution in [2.24, 2.45) is 0 Å². The van der Waals surface area contributed by atoms with E-state index in [1.54, 1.807) is 0 Å². The van der Waals surface area contributed by atoms with Crippen LogP contribution >= 0.6 is 0 Å². The second kappa shape index (κ2) is 2.81. The molecule has 66 valence electrons. The Morgan fingerprint density at radius 3 is 2.83 bits per heavy atom. The van der Waals surface area contributed by atoms with E-state index in [0.29, 0.717) is 12.0 Å². The number of rotatable bonds is 3. The highest BCUT2D eigenvalue weighted by atomic mass is 15.2. The van der Waals surface area contributed by atoms with Crippen LogP contribution in [0.2, 0.25) is 0 Å². The molecule has 0 aromatic carbocycles. The average Bonchev–Trinajstić information content (AvgIpc) is 2.66. The molecule has 3 nitrogen and oxygen atoms in total. The lowest BCUT2D eigenvalue weighted by Crippen LogP contribution is -2.00. The van der Waals surface area contributed by atoms with Gasteiger partial charge in [0.1, 0.15) is 5.82 Å². The van der Waals surface area contributed by atoms with E-state index in [1.807, 2.05) is 0 Å². The van der Waals surface area contributed by atoms with Crippen LogP contribution in [0.1, 0.15) is 38.3 Å². The van der Waals surface area contributed by atoms with E-state index in [4.69, 9.17) is 0 Å². The highest BCUT2D eigenvalue weighted by Gasteiger charge is 2.21. The van der Waals surface area contributed by atoms with Crippen LogP contribution in [0.4, 0.5) is 5.82 Å². The summed E-state index contributed by atoms with van der Waals surface area (Å²) in [5.41, 5.74) is 1.21. The number of aromatic amines is 1. The first kappa shape index (κ1) is 7.65. The summed E-state index contributed by atoms with van der Waals surface area (Å²) in [6.45, 7) is 4.32. The smallest absolute Gasteiger partial charge is 0.148 e. The number of anilines is 1. The summed E-state index contributed by atoms with van der Waals surface area (Å²) in [6.07, 6.45) is 2.59. The van der Waals surface area contributed by atoms with Crippen LogP contribution in [-0.2, 0) is 0 Å². The van der Waals surface area contributed by atoms with Crippen molar-refractivity contribution in [1.29, 1.82) is 0 Å². The Labute approximate surface area is 72.6 Å². The van der Waals surface area contributed by atoms with Gasteiger partial charge in [0.2, 0.25) is 0 Å². The molecule has 0 aliphatic heterocycles. The maximum atomic E-state index is 4.18. The number of hydrogen-bond donors (Lipinski definition) is 2. The fourth-order valence-electron chi connectivity index (χ4n) is 1.14. The van der Waals surface area contributed by atoms with Gasteiger partial charge in [-0.2, -0.15) is 5.10 Å². The fourth-order valence-corrected chi connectivity index (χ4v) is 1.14. The zero-order valence-electron chi connectivity index (χ0n) is 7.59. The molecule has 1 aromatic rings. The van der Waals surface area contributed by atoms with E-state index >= 15 is 0 Å². The highest BCUT2D eigenvalue weighted by molar-refractivity contribution is 5.38. The van der Waals surface area contributed by atoms with Crippen LogP contribution in [0, 0.1) is 0 Å². The topological polar surface area (TPSA) is 40.7 Å². The lowest BCUT2D eigenvalue weighted by molar-refractivity contribution is 0.810. The van der Waals surface area contributed by atoms with Gasteiger partial charge in [0.15, 0.2) is 0 Å². The largest absolute Gasteiger partial charge is 0.366 e. The predicted octanol–water partition coefficient (Wildman–Crippen LogP) is 2.11. The third kappa shape index (κ3) is 1.60. The summed E-state index contributed by atoms with van der Waals surface area (Å²) < 4.78 is 0. The summed E-state index contributed by atoms with van der Waals surface area (Å²) in [4.78, 5) is 0. The molecule has 1 aromatic heterocycles. The summed E-state index contributed by atoms with van der Waals surface area (Å²) >= 11 is 0. The number of nitrogens with one attached hydrogen (secondary N) is 2. The quantitative estimate of drug-likeness (QED) is 0.720. The zero-order valence-corrected chi connectivity index (χ0v) is 7.59. The number of hydrogen-bond acceptors (Lipinski definition) is 2. The SMILES string of the molecule is CC(C)c1cc(NC2CC2)n[nH]1. The van der Waals surface area contributed by atoms with Crippen LogP contribution < -0.4 is 5.32 Å².